The molecular weight excluding hydrogens is 679 g/mol. The van der Waals surface area contributed by atoms with Crippen LogP contribution < -0.4 is 9.64 Å². The lowest BCUT2D eigenvalue weighted by atomic mass is 9.41. The highest BCUT2D eigenvalue weighted by Crippen LogP contribution is 2.69. The molecule has 4 bridgehead atoms. The molecule has 0 N–H and O–H groups in total. The van der Waals surface area contributed by atoms with Crippen LogP contribution in [0.1, 0.15) is 94.9 Å². The van der Waals surface area contributed by atoms with E-state index in [1.807, 2.05) is 0 Å². The SMILES string of the molecule is CC1(C)CCC(C)(C)c2c(N(c3ccc(-c4ccccc4)cc3)c3ccc4c(c3)C3(c5ccc(-c6ccccc6)cc5O4)C4CC5CC(C4)CC3C5)cccc21. The van der Waals surface area contributed by atoms with Gasteiger partial charge in [-0.3, -0.25) is 0 Å². The first-order valence-corrected chi connectivity index (χ1v) is 21.3. The molecule has 6 aromatic rings. The lowest BCUT2D eigenvalue weighted by Crippen LogP contribution is -2.57. The highest BCUT2D eigenvalue weighted by atomic mass is 16.5. The van der Waals surface area contributed by atoms with Crippen molar-refractivity contribution in [3.63, 3.8) is 0 Å². The van der Waals surface area contributed by atoms with Crippen molar-refractivity contribution in [2.75, 3.05) is 4.90 Å². The topological polar surface area (TPSA) is 12.5 Å². The zero-order valence-corrected chi connectivity index (χ0v) is 33.4. The summed E-state index contributed by atoms with van der Waals surface area (Å²) in [5, 5.41) is 0. The molecule has 1 spiro atoms. The van der Waals surface area contributed by atoms with Gasteiger partial charge in [-0.25, -0.2) is 0 Å². The van der Waals surface area contributed by atoms with Gasteiger partial charge in [-0.15, -0.1) is 0 Å². The van der Waals surface area contributed by atoms with Crippen molar-refractivity contribution in [3.05, 3.63) is 162 Å². The van der Waals surface area contributed by atoms with E-state index in [1.54, 1.807) is 0 Å². The Balaban J connectivity index is 1.12. The largest absolute Gasteiger partial charge is 0.457 e. The van der Waals surface area contributed by atoms with Crippen LogP contribution in [-0.4, -0.2) is 0 Å². The second kappa shape index (κ2) is 12.5. The van der Waals surface area contributed by atoms with E-state index in [0.717, 1.165) is 23.3 Å². The normalized spacial score (nSPS) is 25.9. The Bertz CT molecular complexity index is 2430. The van der Waals surface area contributed by atoms with Gasteiger partial charge in [0.15, 0.2) is 0 Å². The average Bonchev–Trinajstić information content (AvgIpc) is 3.22. The predicted molar refractivity (Wildman–Crippen MR) is 232 cm³/mol. The van der Waals surface area contributed by atoms with Gasteiger partial charge >= 0.3 is 0 Å². The highest BCUT2D eigenvalue weighted by molar-refractivity contribution is 5.83. The lowest BCUT2D eigenvalue weighted by Gasteiger charge is -2.63. The number of hydrogen-bond acceptors (Lipinski definition) is 2. The minimum Gasteiger partial charge on any atom is -0.457 e. The van der Waals surface area contributed by atoms with E-state index in [-0.39, 0.29) is 16.2 Å². The Kier molecular flexibility index (Phi) is 7.61. The molecule has 1 aliphatic heterocycles. The minimum atomic E-state index is -0.0538. The molecule has 0 aromatic heterocycles. The summed E-state index contributed by atoms with van der Waals surface area (Å²) >= 11 is 0. The van der Waals surface area contributed by atoms with Crippen molar-refractivity contribution < 1.29 is 4.74 Å². The monoisotopic (exact) mass is 731 g/mol. The maximum absolute atomic E-state index is 7.11. The predicted octanol–water partition coefficient (Wildman–Crippen LogP) is 14.7. The van der Waals surface area contributed by atoms with Gasteiger partial charge in [0, 0.05) is 27.9 Å². The summed E-state index contributed by atoms with van der Waals surface area (Å²) < 4.78 is 7.11. The van der Waals surface area contributed by atoms with Gasteiger partial charge in [-0.05, 0) is 155 Å². The number of fused-ring (bicyclic) bond motifs is 3. The molecule has 12 rings (SSSR count). The summed E-state index contributed by atoms with van der Waals surface area (Å²) in [4.78, 5) is 2.59. The van der Waals surface area contributed by atoms with Gasteiger partial charge in [0.05, 0.1) is 5.69 Å². The third-order valence-corrected chi connectivity index (χ3v) is 15.1. The Morgan fingerprint density at radius 3 is 1.73 bits per heavy atom. The van der Waals surface area contributed by atoms with E-state index in [9.17, 15) is 0 Å². The average molecular weight is 732 g/mol. The Labute approximate surface area is 333 Å². The smallest absolute Gasteiger partial charge is 0.132 e. The molecule has 6 aromatic carbocycles. The van der Waals surface area contributed by atoms with Crippen molar-refractivity contribution in [1.82, 2.24) is 0 Å². The van der Waals surface area contributed by atoms with Crippen molar-refractivity contribution in [2.45, 2.75) is 88.9 Å². The van der Waals surface area contributed by atoms with Crippen molar-refractivity contribution in [3.8, 4) is 33.8 Å². The third kappa shape index (κ3) is 5.13. The fourth-order valence-electron chi connectivity index (χ4n) is 12.6. The highest BCUT2D eigenvalue weighted by Gasteiger charge is 2.61. The van der Waals surface area contributed by atoms with Crippen LogP contribution in [0.5, 0.6) is 11.5 Å². The van der Waals surface area contributed by atoms with Crippen LogP contribution in [0.25, 0.3) is 22.3 Å². The molecule has 0 amide bonds. The van der Waals surface area contributed by atoms with Crippen molar-refractivity contribution >= 4 is 17.1 Å². The van der Waals surface area contributed by atoms with Crippen LogP contribution in [-0.2, 0) is 16.2 Å². The number of ether oxygens (including phenoxy) is 1. The molecular formula is C54H53NO. The van der Waals surface area contributed by atoms with E-state index in [1.165, 1.54) is 107 Å². The Morgan fingerprint density at radius 2 is 1.05 bits per heavy atom. The van der Waals surface area contributed by atoms with Gasteiger partial charge in [-0.2, -0.15) is 0 Å². The number of anilines is 3. The number of benzene rings is 6. The fraction of sp³-hybridized carbons (Fsp3) is 0.333. The number of rotatable bonds is 5. The summed E-state index contributed by atoms with van der Waals surface area (Å²) in [6.45, 7) is 9.81. The minimum absolute atomic E-state index is 0.0407. The summed E-state index contributed by atoms with van der Waals surface area (Å²) in [5.74, 6) is 5.10. The zero-order valence-electron chi connectivity index (χ0n) is 33.4. The summed E-state index contributed by atoms with van der Waals surface area (Å²) in [5.41, 5.74) is 14.6. The molecule has 5 aliphatic carbocycles. The number of nitrogens with zero attached hydrogens (tertiary/aromatic N) is 1. The Hall–Kier alpha value is -5.08. The molecule has 2 nitrogen and oxygen atoms in total. The molecule has 0 atom stereocenters. The van der Waals surface area contributed by atoms with Crippen LogP contribution in [0.3, 0.4) is 0 Å². The van der Waals surface area contributed by atoms with Crippen LogP contribution in [0.4, 0.5) is 17.1 Å². The van der Waals surface area contributed by atoms with E-state index < -0.39 is 0 Å². The molecule has 1 heterocycles. The Morgan fingerprint density at radius 1 is 0.464 bits per heavy atom. The van der Waals surface area contributed by atoms with Crippen LogP contribution in [0.2, 0.25) is 0 Å². The second-order valence-electron chi connectivity index (χ2n) is 19.2. The molecule has 4 saturated carbocycles. The third-order valence-electron chi connectivity index (χ3n) is 15.1. The van der Waals surface area contributed by atoms with Crippen LogP contribution >= 0.6 is 0 Å². The standard InChI is InChI=1S/C54H53NO/c1-52(2)26-27-53(3,4)51-46(52)16-11-17-48(51)55(43-21-18-39(19-22-43)37-12-7-5-8-13-37)44-23-25-49-47(34-44)54(41-29-35-28-36(31-41)32-42(54)30-35)45-24-20-40(33-50(45)56-49)38-14-9-6-10-15-38/h5-25,33-36,41-42H,26-32H2,1-4H3. The lowest BCUT2D eigenvalue weighted by molar-refractivity contribution is -0.0452. The first kappa shape index (κ1) is 34.2. The molecule has 0 saturated heterocycles. The van der Waals surface area contributed by atoms with E-state index in [0.29, 0.717) is 11.8 Å². The molecule has 280 valence electrons. The van der Waals surface area contributed by atoms with Gasteiger partial charge in [0.2, 0.25) is 0 Å². The van der Waals surface area contributed by atoms with Gasteiger partial charge in [0.25, 0.3) is 0 Å². The van der Waals surface area contributed by atoms with E-state index in [4.69, 9.17) is 4.74 Å². The van der Waals surface area contributed by atoms with Gasteiger partial charge < -0.3 is 9.64 Å². The second-order valence-corrected chi connectivity index (χ2v) is 19.2. The fourth-order valence-corrected chi connectivity index (χ4v) is 12.6. The quantitative estimate of drug-likeness (QED) is 0.175. The summed E-state index contributed by atoms with van der Waals surface area (Å²) in [6, 6.07) is 52.4. The summed E-state index contributed by atoms with van der Waals surface area (Å²) in [6.07, 6.45) is 9.11. The van der Waals surface area contributed by atoms with Crippen LogP contribution in [0, 0.1) is 23.7 Å². The molecule has 0 unspecified atom stereocenters. The maximum atomic E-state index is 7.11. The van der Waals surface area contributed by atoms with Gasteiger partial charge in [-0.1, -0.05) is 125 Å². The molecule has 6 aliphatic rings. The molecule has 4 fully saturated rings. The number of hydrogen-bond donors (Lipinski definition) is 0. The van der Waals surface area contributed by atoms with Crippen LogP contribution in [0.15, 0.2) is 140 Å². The van der Waals surface area contributed by atoms with Crippen molar-refractivity contribution in [1.29, 1.82) is 0 Å². The van der Waals surface area contributed by atoms with Crippen molar-refractivity contribution in [2.24, 2.45) is 23.7 Å². The van der Waals surface area contributed by atoms with E-state index in [2.05, 4.69) is 172 Å². The maximum Gasteiger partial charge on any atom is 0.132 e. The van der Waals surface area contributed by atoms with Gasteiger partial charge in [0.1, 0.15) is 11.5 Å². The molecule has 56 heavy (non-hydrogen) atoms. The first-order valence-electron chi connectivity index (χ1n) is 21.3. The molecule has 2 heteroatoms. The molecule has 0 radical (unpaired) electrons. The zero-order chi connectivity index (χ0) is 37.8. The van der Waals surface area contributed by atoms with E-state index >= 15 is 0 Å². The first-order chi connectivity index (χ1) is 27.2. The summed E-state index contributed by atoms with van der Waals surface area (Å²) in [7, 11) is 0.